The predicted octanol–water partition coefficient (Wildman–Crippen LogP) is 18.0. The van der Waals surface area contributed by atoms with E-state index < -0.39 is 0 Å². The monoisotopic (exact) mass is 936 g/mol. The van der Waals surface area contributed by atoms with Crippen molar-refractivity contribution in [2.24, 2.45) is 11.8 Å². The zero-order valence-electron chi connectivity index (χ0n) is 42.1. The van der Waals surface area contributed by atoms with E-state index in [2.05, 4.69) is 205 Å². The van der Waals surface area contributed by atoms with Gasteiger partial charge < -0.3 is 14.4 Å². The molecule has 3 heteroatoms. The molecule has 0 saturated heterocycles. The Kier molecular flexibility index (Phi) is 10.3. The van der Waals surface area contributed by atoms with Gasteiger partial charge in [0.05, 0.1) is 11.0 Å². The molecule has 3 nitrogen and oxygen atoms in total. The van der Waals surface area contributed by atoms with Gasteiger partial charge in [-0.1, -0.05) is 104 Å². The molecular weight excluding hydrogens is 871 g/mol. The highest BCUT2D eigenvalue weighted by Gasteiger charge is 2.58. The number of nitrogens with zero attached hydrogens (tertiary/aromatic N) is 3. The number of anilines is 6. The van der Waals surface area contributed by atoms with Gasteiger partial charge in [0.15, 0.2) is 0 Å². The molecule has 6 aliphatic rings. The lowest BCUT2D eigenvalue weighted by molar-refractivity contribution is -0.0281. The lowest BCUT2D eigenvalue weighted by Crippen LogP contribution is -2.55. The molecule has 6 aliphatic carbocycles. The SMILES string of the molecule is C=Cc1ccc(C23CC4CC(C2)CC(c2ccc(N(c5ccc(CCCC)cc5)c5ccc6c(c5)c5cc(N(c7ccc8c(c7)CC8)c7ccc8c(c7)CC8)ccc5n6-c5ccc(C)cc5)cc2)(C4)C3)cc1. The number of aromatic nitrogens is 1. The third-order valence-corrected chi connectivity index (χ3v) is 18.3. The molecule has 1 heterocycles. The standard InChI is InChI=1S/C69H65N3/c1-4-6-7-48-12-26-57(27-13-48)70(58-30-22-56(23-31-58)69-43-49-36-50(44-69)42-68(41-49,45-69)55-20-10-47(5-2)11-21-55)62-32-34-66-64(39-62)65-40-63(33-35-67(65)72(66)59-24-8-46(3)9-25-59)71(60-28-18-51-14-16-53(51)37-60)61-29-19-52-15-17-54(52)38-61/h5,8-13,18-35,37-40,49-50H,2,4,6-7,14-17,36,41-45H2,1,3H3. The van der Waals surface area contributed by atoms with Crippen LogP contribution in [0.3, 0.4) is 0 Å². The van der Waals surface area contributed by atoms with E-state index in [1.54, 1.807) is 5.56 Å². The Balaban J connectivity index is 0.905. The van der Waals surface area contributed by atoms with Gasteiger partial charge in [0.2, 0.25) is 0 Å². The van der Waals surface area contributed by atoms with Crippen molar-refractivity contribution in [3.63, 3.8) is 0 Å². The molecule has 0 radical (unpaired) electrons. The third-order valence-electron chi connectivity index (χ3n) is 18.3. The van der Waals surface area contributed by atoms with Crippen molar-refractivity contribution in [2.75, 3.05) is 9.80 Å². The molecule has 0 N–H and O–H groups in total. The number of hydrogen-bond donors (Lipinski definition) is 0. The maximum Gasteiger partial charge on any atom is 0.0542 e. The Labute approximate surface area is 426 Å². The first-order valence-corrected chi connectivity index (χ1v) is 27.2. The van der Waals surface area contributed by atoms with Gasteiger partial charge in [0.1, 0.15) is 0 Å². The number of rotatable bonds is 13. The molecule has 0 spiro atoms. The molecule has 4 bridgehead atoms. The second kappa shape index (κ2) is 17.0. The van der Waals surface area contributed by atoms with Crippen LogP contribution in [-0.4, -0.2) is 4.57 Å². The van der Waals surface area contributed by atoms with Crippen LogP contribution in [0.15, 0.2) is 176 Å². The summed E-state index contributed by atoms with van der Waals surface area (Å²) in [6.07, 6.45) is 18.1. The van der Waals surface area contributed by atoms with Gasteiger partial charge >= 0.3 is 0 Å². The molecule has 0 amide bonds. The maximum absolute atomic E-state index is 4.05. The van der Waals surface area contributed by atoms with Crippen molar-refractivity contribution in [3.8, 4) is 5.69 Å². The Morgan fingerprint density at radius 2 is 0.972 bits per heavy atom. The van der Waals surface area contributed by atoms with Crippen LogP contribution in [0.1, 0.15) is 108 Å². The van der Waals surface area contributed by atoms with Crippen LogP contribution in [0, 0.1) is 18.8 Å². The first kappa shape index (κ1) is 43.7. The average molecular weight is 936 g/mol. The molecule has 0 aliphatic heterocycles. The fraction of sp³-hybridized carbons (Fsp3) is 0.275. The predicted molar refractivity (Wildman–Crippen MR) is 303 cm³/mol. The van der Waals surface area contributed by atoms with Gasteiger partial charge in [-0.05, 0) is 248 Å². The summed E-state index contributed by atoms with van der Waals surface area (Å²) in [5.74, 6) is 1.59. The molecule has 356 valence electrons. The van der Waals surface area contributed by atoms with E-state index in [0.717, 1.165) is 31.1 Å². The molecule has 1 aromatic heterocycles. The second-order valence-corrected chi connectivity index (χ2v) is 22.8. The maximum atomic E-state index is 4.05. The highest BCUT2D eigenvalue weighted by atomic mass is 15.2. The number of fused-ring (bicyclic) bond motifs is 5. The van der Waals surface area contributed by atoms with E-state index in [1.165, 1.54) is 170 Å². The van der Waals surface area contributed by atoms with Gasteiger partial charge in [-0.2, -0.15) is 0 Å². The minimum absolute atomic E-state index is 0.217. The minimum atomic E-state index is 0.217. The fourth-order valence-corrected chi connectivity index (χ4v) is 14.9. The molecule has 9 aromatic rings. The number of hydrogen-bond acceptors (Lipinski definition) is 2. The third kappa shape index (κ3) is 7.20. The lowest BCUT2D eigenvalue weighted by Gasteiger charge is -2.63. The van der Waals surface area contributed by atoms with E-state index in [1.807, 2.05) is 6.08 Å². The molecule has 2 unspecified atom stereocenters. The summed E-state index contributed by atoms with van der Waals surface area (Å²) in [5.41, 5.74) is 24.2. The van der Waals surface area contributed by atoms with Gasteiger partial charge in [-0.15, -0.1) is 0 Å². The zero-order chi connectivity index (χ0) is 48.1. The van der Waals surface area contributed by atoms with Crippen molar-refractivity contribution in [1.29, 1.82) is 0 Å². The number of benzene rings is 8. The van der Waals surface area contributed by atoms with Crippen LogP contribution < -0.4 is 9.80 Å². The van der Waals surface area contributed by atoms with Crippen LogP contribution >= 0.6 is 0 Å². The van der Waals surface area contributed by atoms with Gasteiger partial charge in [0, 0.05) is 50.6 Å². The van der Waals surface area contributed by atoms with Crippen LogP contribution in [0.5, 0.6) is 0 Å². The quantitative estimate of drug-likeness (QED) is 0.114. The Morgan fingerprint density at radius 1 is 0.514 bits per heavy atom. The molecule has 4 saturated carbocycles. The first-order chi connectivity index (χ1) is 35.3. The van der Waals surface area contributed by atoms with Crippen molar-refractivity contribution in [3.05, 3.63) is 227 Å². The van der Waals surface area contributed by atoms with E-state index >= 15 is 0 Å². The largest absolute Gasteiger partial charge is 0.310 e. The van der Waals surface area contributed by atoms with E-state index in [4.69, 9.17) is 0 Å². The smallest absolute Gasteiger partial charge is 0.0542 e. The molecule has 8 aromatic carbocycles. The summed E-state index contributed by atoms with van der Waals surface area (Å²) >= 11 is 0. The van der Waals surface area contributed by atoms with Crippen LogP contribution in [0.2, 0.25) is 0 Å². The number of unbranched alkanes of at least 4 members (excludes halogenated alkanes) is 1. The molecule has 2 atom stereocenters. The van der Waals surface area contributed by atoms with Crippen molar-refractivity contribution >= 4 is 62.0 Å². The van der Waals surface area contributed by atoms with Gasteiger partial charge in [-0.3, -0.25) is 0 Å². The summed E-state index contributed by atoms with van der Waals surface area (Å²) in [7, 11) is 0. The normalized spacial score (nSPS) is 21.2. The minimum Gasteiger partial charge on any atom is -0.310 e. The zero-order valence-corrected chi connectivity index (χ0v) is 42.1. The fourth-order valence-electron chi connectivity index (χ4n) is 14.9. The number of aryl methyl sites for hydroxylation is 6. The van der Waals surface area contributed by atoms with E-state index in [0.29, 0.717) is 0 Å². The van der Waals surface area contributed by atoms with Crippen LogP contribution in [-0.2, 0) is 42.9 Å². The lowest BCUT2D eigenvalue weighted by atomic mass is 9.42. The summed E-state index contributed by atoms with van der Waals surface area (Å²) in [5, 5.41) is 2.50. The first-order valence-electron chi connectivity index (χ1n) is 27.2. The van der Waals surface area contributed by atoms with Crippen molar-refractivity contribution < 1.29 is 0 Å². The highest BCUT2D eigenvalue weighted by molar-refractivity contribution is 6.12. The molecule has 15 rings (SSSR count). The van der Waals surface area contributed by atoms with E-state index in [-0.39, 0.29) is 10.8 Å². The van der Waals surface area contributed by atoms with Crippen LogP contribution in [0.25, 0.3) is 33.6 Å². The van der Waals surface area contributed by atoms with Gasteiger partial charge in [0.25, 0.3) is 0 Å². The van der Waals surface area contributed by atoms with Crippen molar-refractivity contribution in [1.82, 2.24) is 4.57 Å². The topological polar surface area (TPSA) is 11.4 Å². The summed E-state index contributed by atoms with van der Waals surface area (Å²) < 4.78 is 2.48. The Bertz CT molecular complexity index is 3490. The molecular formula is C69H65N3. The van der Waals surface area contributed by atoms with E-state index in [9.17, 15) is 0 Å². The Morgan fingerprint density at radius 3 is 1.46 bits per heavy atom. The highest BCUT2D eigenvalue weighted by Crippen LogP contribution is 2.66. The average Bonchev–Trinajstić information content (AvgIpc) is 3.71. The summed E-state index contributed by atoms with van der Waals surface area (Å²) in [6, 6.07) is 66.6. The Hall–Kier alpha value is -7.10. The van der Waals surface area contributed by atoms with Crippen LogP contribution in [0.4, 0.5) is 34.1 Å². The summed E-state index contributed by atoms with van der Waals surface area (Å²) in [4.78, 5) is 5.02. The molecule has 72 heavy (non-hydrogen) atoms. The van der Waals surface area contributed by atoms with Crippen molar-refractivity contribution in [2.45, 2.75) is 108 Å². The van der Waals surface area contributed by atoms with Gasteiger partial charge in [-0.25, -0.2) is 0 Å². The summed E-state index contributed by atoms with van der Waals surface area (Å²) in [6.45, 7) is 8.51. The molecule has 4 fully saturated rings. The second-order valence-electron chi connectivity index (χ2n) is 22.8.